The van der Waals surface area contributed by atoms with Crippen LogP contribution in [0.4, 0.5) is 5.69 Å². The molecule has 1 aliphatic heterocycles. The molecule has 3 aliphatic carbocycles. The number of carbonyl (C=O) groups excluding carboxylic acids is 1. The average molecular weight is 653 g/mol. The Bertz CT molecular complexity index is 1890. The third-order valence-electron chi connectivity index (χ3n) is 10.7. The third kappa shape index (κ3) is 6.11. The van der Waals surface area contributed by atoms with Crippen molar-refractivity contribution >= 4 is 40.1 Å². The van der Waals surface area contributed by atoms with Gasteiger partial charge >= 0.3 is 0 Å². The lowest BCUT2D eigenvalue weighted by Gasteiger charge is -2.62. The first-order chi connectivity index (χ1) is 22.6. The monoisotopic (exact) mass is 652 g/mol. The normalized spacial score (nSPS) is 25.3. The molecule has 244 valence electrons. The lowest BCUT2D eigenvalue weighted by Crippen LogP contribution is -2.63. The van der Waals surface area contributed by atoms with Crippen LogP contribution in [0.1, 0.15) is 46.1 Å². The van der Waals surface area contributed by atoms with Gasteiger partial charge in [-0.05, 0) is 85.3 Å². The van der Waals surface area contributed by atoms with Crippen molar-refractivity contribution in [3.8, 4) is 11.5 Å². The lowest BCUT2D eigenvalue weighted by atomic mass is 9.45. The van der Waals surface area contributed by atoms with Crippen LogP contribution in [0.15, 0.2) is 70.8 Å². The second-order valence-corrected chi connectivity index (χ2v) is 14.5. The molecule has 8 rings (SSSR count). The molecule has 3 heterocycles. The molecule has 0 unspecified atom stereocenters. The number of rotatable bonds is 6. The molecule has 2 aromatic heterocycles. The summed E-state index contributed by atoms with van der Waals surface area (Å²) in [6.45, 7) is 10.4. The molecule has 0 radical (unpaired) electrons. The van der Waals surface area contributed by atoms with Crippen LogP contribution in [0.5, 0.6) is 0 Å². The molecule has 3 saturated carbocycles. The summed E-state index contributed by atoms with van der Waals surface area (Å²) < 4.78 is 1.67. The second kappa shape index (κ2) is 12.4. The van der Waals surface area contributed by atoms with Gasteiger partial charge < -0.3 is 15.5 Å². The predicted molar refractivity (Wildman–Crippen MR) is 185 cm³/mol. The van der Waals surface area contributed by atoms with E-state index in [4.69, 9.17) is 21.6 Å². The summed E-state index contributed by atoms with van der Waals surface area (Å²) in [4.78, 5) is 47.4. The van der Waals surface area contributed by atoms with Gasteiger partial charge in [-0.1, -0.05) is 44.5 Å². The molecule has 10 nitrogen and oxygen atoms in total. The number of halogens is 1. The highest BCUT2D eigenvalue weighted by Gasteiger charge is 2.56. The quantitative estimate of drug-likeness (QED) is 0.217. The van der Waals surface area contributed by atoms with E-state index < -0.39 is 0 Å². The summed E-state index contributed by atoms with van der Waals surface area (Å²) in [6.07, 6.45) is 7.80. The summed E-state index contributed by atoms with van der Waals surface area (Å²) in [6, 6.07) is 13.4. The van der Waals surface area contributed by atoms with Gasteiger partial charge in [-0.3, -0.25) is 19.1 Å². The van der Waals surface area contributed by atoms with Gasteiger partial charge in [0.05, 0.1) is 29.3 Å². The Morgan fingerprint density at radius 1 is 1.11 bits per heavy atom. The predicted octanol–water partition coefficient (Wildman–Crippen LogP) is 5.22. The highest BCUT2D eigenvalue weighted by Crippen LogP contribution is 2.61. The molecular formula is C36H41ClN8O2. The smallest absolute Gasteiger partial charge is 0.261 e. The summed E-state index contributed by atoms with van der Waals surface area (Å²) in [5.74, 6) is 2.94. The number of guanidine groups is 1. The van der Waals surface area contributed by atoms with E-state index in [1.165, 1.54) is 6.42 Å². The number of carbonyl (C=O) groups is 1. The first-order valence-electron chi connectivity index (χ1n) is 16.5. The van der Waals surface area contributed by atoms with E-state index in [-0.39, 0.29) is 30.1 Å². The Kier molecular flexibility index (Phi) is 8.24. The molecule has 11 heteroatoms. The number of hydrogen-bond donors (Lipinski definition) is 2. The zero-order chi connectivity index (χ0) is 32.9. The molecule has 2 N–H and O–H groups in total. The minimum atomic E-state index is -0.155. The van der Waals surface area contributed by atoms with Crippen LogP contribution < -0.4 is 16.2 Å². The van der Waals surface area contributed by atoms with Crippen LogP contribution >= 0.6 is 11.6 Å². The number of hydrogen-bond acceptors (Lipinski definition) is 6. The fraction of sp³-hybridized carbons (Fsp3) is 0.444. The van der Waals surface area contributed by atoms with Crippen LogP contribution in [0, 0.1) is 23.2 Å². The number of aryl methyl sites for hydroxylation is 1. The first kappa shape index (κ1) is 31.3. The molecule has 4 aromatic rings. The van der Waals surface area contributed by atoms with E-state index in [1.54, 1.807) is 29.2 Å². The maximum absolute atomic E-state index is 14.0. The van der Waals surface area contributed by atoms with E-state index in [0.717, 1.165) is 12.0 Å². The number of amides is 1. The average Bonchev–Trinajstić information content (AvgIpc) is 3.05. The van der Waals surface area contributed by atoms with Crippen molar-refractivity contribution in [1.29, 1.82) is 0 Å². The van der Waals surface area contributed by atoms with Gasteiger partial charge in [-0.15, -0.1) is 0 Å². The Morgan fingerprint density at radius 3 is 2.62 bits per heavy atom. The van der Waals surface area contributed by atoms with E-state index in [9.17, 15) is 9.59 Å². The van der Waals surface area contributed by atoms with Crippen LogP contribution in [0.2, 0.25) is 5.02 Å². The number of aromatic nitrogens is 4. The number of nitrogens with one attached hydrogen (secondary N) is 2. The Balaban J connectivity index is 1.26. The summed E-state index contributed by atoms with van der Waals surface area (Å²) in [7, 11) is 0. The lowest BCUT2D eigenvalue weighted by molar-refractivity contribution is -0.124. The molecule has 4 fully saturated rings. The van der Waals surface area contributed by atoms with Crippen LogP contribution in [-0.2, 0) is 17.8 Å². The third-order valence-corrected chi connectivity index (χ3v) is 11.0. The zero-order valence-corrected chi connectivity index (χ0v) is 28.0. The minimum Gasteiger partial charge on any atom is -0.353 e. The van der Waals surface area contributed by atoms with E-state index in [2.05, 4.69) is 41.4 Å². The molecular weight excluding hydrogens is 612 g/mol. The van der Waals surface area contributed by atoms with Gasteiger partial charge in [0.1, 0.15) is 5.69 Å². The zero-order valence-electron chi connectivity index (χ0n) is 27.3. The van der Waals surface area contributed by atoms with Gasteiger partial charge in [-0.25, -0.2) is 15.0 Å². The summed E-state index contributed by atoms with van der Waals surface area (Å²) in [5.41, 5.74) is 2.96. The first-order valence-corrected chi connectivity index (χ1v) is 16.9. The number of aliphatic imine (C=N–C) groups is 1. The van der Waals surface area contributed by atoms with Gasteiger partial charge in [0.25, 0.3) is 5.56 Å². The molecule has 2 aromatic carbocycles. The molecule has 0 spiro atoms. The minimum absolute atomic E-state index is 0.00137. The molecule has 1 amide bonds. The number of piperazine rings is 1. The Hall–Kier alpha value is -4.31. The SMILES string of the molecule is C[C@H]1[C@@H](NC(=Nc2ccc3c(=O)n(CCc4ccc(Cl)cc4)c(-c4cnccn4)nc3c2)N2CC(=O)N[C@@H](C)C2)C[C@@H]2C[C@@H]1C2(C)C. The molecule has 47 heavy (non-hydrogen) atoms. The van der Waals surface area contributed by atoms with Gasteiger partial charge in [0.2, 0.25) is 5.91 Å². The Labute approximate surface area is 279 Å². The molecule has 5 atom stereocenters. The fourth-order valence-electron chi connectivity index (χ4n) is 7.91. The number of nitrogens with zero attached hydrogens (tertiary/aromatic N) is 6. The van der Waals surface area contributed by atoms with E-state index in [0.29, 0.717) is 81.8 Å². The highest BCUT2D eigenvalue weighted by molar-refractivity contribution is 6.30. The fourth-order valence-corrected chi connectivity index (χ4v) is 8.03. The maximum Gasteiger partial charge on any atom is 0.261 e. The maximum atomic E-state index is 14.0. The van der Waals surface area contributed by atoms with Crippen molar-refractivity contribution in [2.24, 2.45) is 28.2 Å². The highest BCUT2D eigenvalue weighted by atomic mass is 35.5. The van der Waals surface area contributed by atoms with Gasteiger partial charge in [-0.2, -0.15) is 0 Å². The van der Waals surface area contributed by atoms with Gasteiger partial charge in [0.15, 0.2) is 11.8 Å². The second-order valence-electron chi connectivity index (χ2n) is 14.1. The number of benzene rings is 2. The molecule has 1 saturated heterocycles. The summed E-state index contributed by atoms with van der Waals surface area (Å²) >= 11 is 6.08. The van der Waals surface area contributed by atoms with Crippen molar-refractivity contribution in [3.63, 3.8) is 0 Å². The van der Waals surface area contributed by atoms with Crippen LogP contribution in [0.25, 0.3) is 22.4 Å². The van der Waals surface area contributed by atoms with E-state index >= 15 is 0 Å². The van der Waals surface area contributed by atoms with Crippen molar-refractivity contribution in [2.45, 2.75) is 65.6 Å². The van der Waals surface area contributed by atoms with E-state index in [1.807, 2.05) is 48.2 Å². The van der Waals surface area contributed by atoms with Crippen molar-refractivity contribution in [2.75, 3.05) is 13.1 Å². The van der Waals surface area contributed by atoms with Crippen molar-refractivity contribution < 1.29 is 4.79 Å². The number of fused-ring (bicyclic) bond motifs is 3. The molecule has 2 bridgehead atoms. The molecule has 4 aliphatic rings. The standard InChI is InChI=1S/C36H41ClN8O2/c1-21-19-44(20-32(46)40-21)35(43-29-16-24-15-28(22(29)2)36(24,3)4)41-26-9-10-27-30(17-26)42-33(31-18-38-12-13-39-31)45(34(27)47)14-11-23-5-7-25(37)8-6-23/h5-10,12-13,17-18,21-22,24,28-29H,11,14-16,19-20H2,1-4H3,(H,40,46)(H,41,43)/t21-,22+,24-,28-,29-/m0/s1. The van der Waals surface area contributed by atoms with Crippen molar-refractivity contribution in [1.82, 2.24) is 35.1 Å². The summed E-state index contributed by atoms with van der Waals surface area (Å²) in [5, 5.41) is 7.97. The van der Waals surface area contributed by atoms with Crippen LogP contribution in [-0.4, -0.2) is 61.5 Å². The van der Waals surface area contributed by atoms with Crippen molar-refractivity contribution in [3.05, 3.63) is 82.0 Å². The van der Waals surface area contributed by atoms with Gasteiger partial charge in [0, 0.05) is 42.6 Å². The Morgan fingerprint density at radius 2 is 1.91 bits per heavy atom. The van der Waals surface area contributed by atoms with Crippen LogP contribution in [0.3, 0.4) is 0 Å². The largest absolute Gasteiger partial charge is 0.353 e. The topological polar surface area (TPSA) is 117 Å².